The second-order valence-corrected chi connectivity index (χ2v) is 5.28. The second-order valence-electron chi connectivity index (χ2n) is 5.28. The van der Waals surface area contributed by atoms with E-state index in [1.807, 2.05) is 38.2 Å². The molecule has 1 fully saturated rings. The summed E-state index contributed by atoms with van der Waals surface area (Å²) in [6, 6.07) is 8.13. The zero-order chi connectivity index (χ0) is 13.8. The van der Waals surface area contributed by atoms with Gasteiger partial charge in [-0.3, -0.25) is 9.69 Å². The van der Waals surface area contributed by atoms with E-state index in [0.717, 1.165) is 11.3 Å². The zero-order valence-corrected chi connectivity index (χ0v) is 11.7. The molecule has 1 atom stereocenters. The first-order valence-electron chi connectivity index (χ1n) is 6.94. The Morgan fingerprint density at radius 1 is 1.47 bits per heavy atom. The van der Waals surface area contributed by atoms with E-state index in [9.17, 15) is 4.79 Å². The van der Waals surface area contributed by atoms with Crippen LogP contribution in [-0.2, 0) is 11.3 Å². The Labute approximate surface area is 115 Å². The molecule has 1 aliphatic rings. The van der Waals surface area contributed by atoms with Crippen LogP contribution in [-0.4, -0.2) is 29.9 Å². The Bertz CT molecular complexity index is 443. The van der Waals surface area contributed by atoms with Gasteiger partial charge in [0.05, 0.1) is 6.04 Å². The van der Waals surface area contributed by atoms with Gasteiger partial charge >= 0.3 is 0 Å². The fourth-order valence-corrected chi connectivity index (χ4v) is 2.35. The first kappa shape index (κ1) is 14.0. The molecule has 1 aliphatic carbocycles. The lowest BCUT2D eigenvalue weighted by Crippen LogP contribution is -2.48. The molecular formula is C15H23N3O. The summed E-state index contributed by atoms with van der Waals surface area (Å²) in [5.41, 5.74) is 7.47. The maximum Gasteiger partial charge on any atom is 0.241 e. The largest absolute Gasteiger partial charge is 0.326 e. The van der Waals surface area contributed by atoms with Crippen LogP contribution in [0.4, 0.5) is 5.69 Å². The Hall–Kier alpha value is -1.39. The normalized spacial score (nSPS) is 17.1. The molecule has 0 bridgehead atoms. The van der Waals surface area contributed by atoms with Crippen molar-refractivity contribution in [3.05, 3.63) is 29.8 Å². The van der Waals surface area contributed by atoms with E-state index in [-0.39, 0.29) is 11.9 Å². The third-order valence-electron chi connectivity index (χ3n) is 4.14. The Morgan fingerprint density at radius 2 is 2.16 bits per heavy atom. The first-order valence-corrected chi connectivity index (χ1v) is 6.94. The van der Waals surface area contributed by atoms with Gasteiger partial charge in [-0.1, -0.05) is 24.6 Å². The molecule has 1 amide bonds. The number of anilines is 1. The number of carbonyl (C=O) groups excluding carboxylic acids is 1. The number of nitrogens with two attached hydrogens (primary N) is 1. The van der Waals surface area contributed by atoms with E-state index in [1.165, 1.54) is 19.3 Å². The van der Waals surface area contributed by atoms with Crippen LogP contribution < -0.4 is 11.1 Å². The van der Waals surface area contributed by atoms with Gasteiger partial charge in [-0.15, -0.1) is 0 Å². The van der Waals surface area contributed by atoms with Crippen LogP contribution >= 0.6 is 0 Å². The molecule has 0 spiro atoms. The van der Waals surface area contributed by atoms with Crippen LogP contribution in [0.25, 0.3) is 0 Å². The van der Waals surface area contributed by atoms with E-state index >= 15 is 0 Å². The van der Waals surface area contributed by atoms with Crippen molar-refractivity contribution in [1.29, 1.82) is 0 Å². The fraction of sp³-hybridized carbons (Fsp3) is 0.533. The summed E-state index contributed by atoms with van der Waals surface area (Å²) in [4.78, 5) is 14.4. The predicted octanol–water partition coefficient (Wildman–Crippen LogP) is 1.96. The molecule has 0 aromatic heterocycles. The molecule has 0 radical (unpaired) electrons. The highest BCUT2D eigenvalue weighted by Crippen LogP contribution is 2.25. The molecule has 1 saturated carbocycles. The number of nitrogens with zero attached hydrogens (tertiary/aromatic N) is 1. The van der Waals surface area contributed by atoms with E-state index < -0.39 is 0 Å². The number of nitrogens with one attached hydrogen (secondary N) is 1. The summed E-state index contributed by atoms with van der Waals surface area (Å²) in [7, 11) is 2.03. The lowest BCUT2D eigenvalue weighted by atomic mass is 9.91. The molecule has 3 N–H and O–H groups in total. The van der Waals surface area contributed by atoms with Gasteiger partial charge in [-0.05, 0) is 38.4 Å². The van der Waals surface area contributed by atoms with Gasteiger partial charge in [0.25, 0.3) is 0 Å². The van der Waals surface area contributed by atoms with Crippen LogP contribution in [0.3, 0.4) is 0 Å². The van der Waals surface area contributed by atoms with Crippen LogP contribution in [0, 0.1) is 0 Å². The molecule has 0 saturated heterocycles. The van der Waals surface area contributed by atoms with Gasteiger partial charge in [-0.25, -0.2) is 0 Å². The minimum absolute atomic E-state index is 0.0373. The lowest BCUT2D eigenvalue weighted by molar-refractivity contribution is -0.121. The molecule has 104 valence electrons. The van der Waals surface area contributed by atoms with Crippen LogP contribution in [0.1, 0.15) is 31.7 Å². The predicted molar refractivity (Wildman–Crippen MR) is 77.8 cm³/mol. The number of hydrogen-bond acceptors (Lipinski definition) is 3. The lowest BCUT2D eigenvalue weighted by Gasteiger charge is -2.38. The van der Waals surface area contributed by atoms with Gasteiger partial charge in [-0.2, -0.15) is 0 Å². The summed E-state index contributed by atoms with van der Waals surface area (Å²) in [5, 5.41) is 2.98. The summed E-state index contributed by atoms with van der Waals surface area (Å²) in [6.45, 7) is 2.39. The molecule has 1 unspecified atom stereocenters. The smallest absolute Gasteiger partial charge is 0.241 e. The quantitative estimate of drug-likeness (QED) is 0.852. The van der Waals surface area contributed by atoms with Crippen molar-refractivity contribution in [2.75, 3.05) is 12.4 Å². The number of benzene rings is 1. The molecule has 4 nitrogen and oxygen atoms in total. The van der Waals surface area contributed by atoms with Gasteiger partial charge < -0.3 is 11.1 Å². The monoisotopic (exact) mass is 261 g/mol. The van der Waals surface area contributed by atoms with Crippen molar-refractivity contribution in [2.24, 2.45) is 5.73 Å². The maximum absolute atomic E-state index is 12.3. The fourth-order valence-electron chi connectivity index (χ4n) is 2.35. The standard InChI is InChI=1S/C15H23N3O/c1-11(18(2)13-7-5-8-13)15(19)17-14-9-4-3-6-12(14)10-16/h3-4,6,9,11,13H,5,7-8,10,16H2,1-2H3,(H,17,19). The number of hydrogen-bond donors (Lipinski definition) is 2. The molecule has 19 heavy (non-hydrogen) atoms. The van der Waals surface area contributed by atoms with Crippen molar-refractivity contribution in [3.8, 4) is 0 Å². The third kappa shape index (κ3) is 3.14. The van der Waals surface area contributed by atoms with Crippen molar-refractivity contribution in [2.45, 2.75) is 44.8 Å². The summed E-state index contributed by atoms with van der Waals surface area (Å²) >= 11 is 0. The molecular weight excluding hydrogens is 238 g/mol. The van der Waals surface area contributed by atoms with Crippen LogP contribution in [0.5, 0.6) is 0 Å². The molecule has 2 rings (SSSR count). The van der Waals surface area contributed by atoms with Crippen molar-refractivity contribution < 1.29 is 4.79 Å². The number of amides is 1. The minimum atomic E-state index is -0.115. The number of carbonyl (C=O) groups is 1. The van der Waals surface area contributed by atoms with Crippen LogP contribution in [0.2, 0.25) is 0 Å². The third-order valence-corrected chi connectivity index (χ3v) is 4.14. The van der Waals surface area contributed by atoms with E-state index in [2.05, 4.69) is 10.2 Å². The Balaban J connectivity index is 1.99. The zero-order valence-electron chi connectivity index (χ0n) is 11.7. The maximum atomic E-state index is 12.3. The summed E-state index contributed by atoms with van der Waals surface area (Å²) < 4.78 is 0. The molecule has 0 aliphatic heterocycles. The first-order chi connectivity index (χ1) is 9.13. The second kappa shape index (κ2) is 6.17. The summed E-state index contributed by atoms with van der Waals surface area (Å²) in [6.07, 6.45) is 3.68. The van der Waals surface area contributed by atoms with E-state index in [0.29, 0.717) is 12.6 Å². The van der Waals surface area contributed by atoms with Gasteiger partial charge in [0, 0.05) is 18.3 Å². The van der Waals surface area contributed by atoms with Gasteiger partial charge in [0.1, 0.15) is 0 Å². The summed E-state index contributed by atoms with van der Waals surface area (Å²) in [5.74, 6) is 0.0373. The number of likely N-dealkylation sites (N-methyl/N-ethyl adjacent to an activating group) is 1. The molecule has 1 aromatic rings. The average molecular weight is 261 g/mol. The molecule has 4 heteroatoms. The highest BCUT2D eigenvalue weighted by Gasteiger charge is 2.28. The SMILES string of the molecule is CC(C(=O)Nc1ccccc1CN)N(C)C1CCC1. The van der Waals surface area contributed by atoms with Crippen molar-refractivity contribution >= 4 is 11.6 Å². The average Bonchev–Trinajstić information content (AvgIpc) is 2.36. The highest BCUT2D eigenvalue weighted by atomic mass is 16.2. The highest BCUT2D eigenvalue weighted by molar-refractivity contribution is 5.95. The van der Waals surface area contributed by atoms with E-state index in [1.54, 1.807) is 0 Å². The Morgan fingerprint density at radius 3 is 2.74 bits per heavy atom. The van der Waals surface area contributed by atoms with Crippen molar-refractivity contribution in [3.63, 3.8) is 0 Å². The molecule has 1 aromatic carbocycles. The van der Waals surface area contributed by atoms with Gasteiger partial charge in [0.2, 0.25) is 5.91 Å². The number of para-hydroxylation sites is 1. The molecule has 0 heterocycles. The topological polar surface area (TPSA) is 58.4 Å². The van der Waals surface area contributed by atoms with Crippen LogP contribution in [0.15, 0.2) is 24.3 Å². The van der Waals surface area contributed by atoms with E-state index in [4.69, 9.17) is 5.73 Å². The Kier molecular flexibility index (Phi) is 4.56. The van der Waals surface area contributed by atoms with Gasteiger partial charge in [0.15, 0.2) is 0 Å². The minimum Gasteiger partial charge on any atom is -0.326 e. The van der Waals surface area contributed by atoms with Crippen molar-refractivity contribution in [1.82, 2.24) is 4.90 Å². The number of rotatable bonds is 5.